The second kappa shape index (κ2) is 5.61. The lowest BCUT2D eigenvalue weighted by Gasteiger charge is -2.08. The SMILES string of the molecule is CC(=O)c1cc(F)ccc1OC(=O)c1ccc(F)cc1. The zero-order chi connectivity index (χ0) is 14.7. The molecular weight excluding hydrogens is 266 g/mol. The summed E-state index contributed by atoms with van der Waals surface area (Å²) < 4.78 is 30.9. The Morgan fingerprint density at radius 1 is 0.950 bits per heavy atom. The first-order chi connectivity index (χ1) is 9.47. The molecule has 0 amide bonds. The van der Waals surface area contributed by atoms with Gasteiger partial charge in [-0.15, -0.1) is 0 Å². The highest BCUT2D eigenvalue weighted by atomic mass is 19.1. The number of hydrogen-bond donors (Lipinski definition) is 0. The average molecular weight is 276 g/mol. The molecule has 0 N–H and O–H groups in total. The lowest BCUT2D eigenvalue weighted by Crippen LogP contribution is -2.11. The molecule has 0 atom stereocenters. The summed E-state index contributed by atoms with van der Waals surface area (Å²) in [5.74, 6) is -2.29. The fourth-order valence-electron chi connectivity index (χ4n) is 1.61. The molecule has 0 aliphatic rings. The summed E-state index contributed by atoms with van der Waals surface area (Å²) >= 11 is 0. The summed E-state index contributed by atoms with van der Waals surface area (Å²) in [6, 6.07) is 8.03. The third kappa shape index (κ3) is 3.06. The number of halogens is 2. The molecule has 0 heterocycles. The molecule has 0 saturated carbocycles. The van der Waals surface area contributed by atoms with Gasteiger partial charge in [-0.1, -0.05) is 0 Å². The van der Waals surface area contributed by atoms with Crippen LogP contribution < -0.4 is 4.74 Å². The number of carbonyl (C=O) groups excluding carboxylic acids is 2. The van der Waals surface area contributed by atoms with Crippen molar-refractivity contribution < 1.29 is 23.1 Å². The molecule has 0 saturated heterocycles. The van der Waals surface area contributed by atoms with Crippen molar-refractivity contribution in [3.8, 4) is 5.75 Å². The van der Waals surface area contributed by atoms with Crippen LogP contribution in [-0.2, 0) is 0 Å². The van der Waals surface area contributed by atoms with Crippen LogP contribution in [0.25, 0.3) is 0 Å². The van der Waals surface area contributed by atoms with Crippen LogP contribution >= 0.6 is 0 Å². The first-order valence-electron chi connectivity index (χ1n) is 5.75. The van der Waals surface area contributed by atoms with Crippen molar-refractivity contribution in [2.45, 2.75) is 6.92 Å². The highest BCUT2D eigenvalue weighted by Crippen LogP contribution is 2.21. The van der Waals surface area contributed by atoms with E-state index in [0.29, 0.717) is 0 Å². The number of benzene rings is 2. The van der Waals surface area contributed by atoms with Crippen LogP contribution in [0, 0.1) is 11.6 Å². The molecule has 0 fully saturated rings. The average Bonchev–Trinajstić information content (AvgIpc) is 2.41. The van der Waals surface area contributed by atoms with E-state index in [4.69, 9.17) is 4.74 Å². The maximum atomic E-state index is 13.1. The van der Waals surface area contributed by atoms with Crippen molar-refractivity contribution in [1.82, 2.24) is 0 Å². The second-order valence-corrected chi connectivity index (χ2v) is 4.09. The fraction of sp³-hybridized carbons (Fsp3) is 0.0667. The van der Waals surface area contributed by atoms with Crippen LogP contribution in [0.4, 0.5) is 8.78 Å². The molecular formula is C15H10F2O3. The van der Waals surface area contributed by atoms with E-state index in [1.807, 2.05) is 0 Å². The topological polar surface area (TPSA) is 43.4 Å². The van der Waals surface area contributed by atoms with Crippen LogP contribution in [0.15, 0.2) is 42.5 Å². The Hall–Kier alpha value is -2.56. The largest absolute Gasteiger partial charge is 0.422 e. The maximum Gasteiger partial charge on any atom is 0.343 e. The van der Waals surface area contributed by atoms with Crippen LogP contribution in [0.2, 0.25) is 0 Å². The van der Waals surface area contributed by atoms with Crippen LogP contribution in [0.5, 0.6) is 5.75 Å². The molecule has 0 unspecified atom stereocenters. The summed E-state index contributed by atoms with van der Waals surface area (Å²) in [5, 5.41) is 0. The minimum absolute atomic E-state index is 0.0274. The first-order valence-corrected chi connectivity index (χ1v) is 5.75. The Labute approximate surface area is 113 Å². The van der Waals surface area contributed by atoms with Crippen LogP contribution in [0.1, 0.15) is 27.6 Å². The molecule has 0 bridgehead atoms. The molecule has 2 aromatic carbocycles. The van der Waals surface area contributed by atoms with Gasteiger partial charge in [0.15, 0.2) is 5.78 Å². The lowest BCUT2D eigenvalue weighted by atomic mass is 10.1. The number of ketones is 1. The van der Waals surface area contributed by atoms with Crippen molar-refractivity contribution in [1.29, 1.82) is 0 Å². The molecule has 0 radical (unpaired) electrons. The molecule has 0 aliphatic carbocycles. The highest BCUT2D eigenvalue weighted by Gasteiger charge is 2.15. The Kier molecular flexibility index (Phi) is 3.89. The standard InChI is InChI=1S/C15H10F2O3/c1-9(18)13-8-12(17)6-7-14(13)20-15(19)10-2-4-11(16)5-3-10/h2-8H,1H3. The van der Waals surface area contributed by atoms with Gasteiger partial charge in [0, 0.05) is 0 Å². The van der Waals surface area contributed by atoms with E-state index >= 15 is 0 Å². The maximum absolute atomic E-state index is 13.1. The second-order valence-electron chi connectivity index (χ2n) is 4.09. The summed E-state index contributed by atoms with van der Waals surface area (Å²) in [6.07, 6.45) is 0. The molecule has 0 aliphatic heterocycles. The van der Waals surface area contributed by atoms with Gasteiger partial charge in [0.25, 0.3) is 0 Å². The predicted octanol–water partition coefficient (Wildman–Crippen LogP) is 3.39. The van der Waals surface area contributed by atoms with Crippen molar-refractivity contribution in [2.24, 2.45) is 0 Å². The number of esters is 1. The molecule has 0 aromatic heterocycles. The molecule has 5 heteroatoms. The van der Waals surface area contributed by atoms with E-state index in [2.05, 4.69) is 0 Å². The minimum atomic E-state index is -0.751. The zero-order valence-electron chi connectivity index (χ0n) is 10.5. The molecule has 20 heavy (non-hydrogen) atoms. The van der Waals surface area contributed by atoms with Gasteiger partial charge in [-0.3, -0.25) is 4.79 Å². The van der Waals surface area contributed by atoms with Gasteiger partial charge in [0.2, 0.25) is 0 Å². The van der Waals surface area contributed by atoms with Gasteiger partial charge in [-0.05, 0) is 49.4 Å². The summed E-state index contributed by atoms with van der Waals surface area (Å²) in [7, 11) is 0. The van der Waals surface area contributed by atoms with Crippen LogP contribution in [0.3, 0.4) is 0 Å². The molecule has 3 nitrogen and oxygen atoms in total. The van der Waals surface area contributed by atoms with E-state index in [1.165, 1.54) is 25.1 Å². The monoisotopic (exact) mass is 276 g/mol. The quantitative estimate of drug-likeness (QED) is 0.490. The molecule has 0 spiro atoms. The van der Waals surface area contributed by atoms with Gasteiger partial charge in [0.1, 0.15) is 17.4 Å². The summed E-state index contributed by atoms with van der Waals surface area (Å²) in [4.78, 5) is 23.2. The van der Waals surface area contributed by atoms with E-state index in [1.54, 1.807) is 0 Å². The Morgan fingerprint density at radius 3 is 2.15 bits per heavy atom. The number of carbonyl (C=O) groups is 2. The third-order valence-corrected chi connectivity index (χ3v) is 2.60. The minimum Gasteiger partial charge on any atom is -0.422 e. The first kappa shape index (κ1) is 13.9. The van der Waals surface area contributed by atoms with Gasteiger partial charge < -0.3 is 4.74 Å². The van der Waals surface area contributed by atoms with Gasteiger partial charge in [-0.25, -0.2) is 13.6 Å². The third-order valence-electron chi connectivity index (χ3n) is 2.60. The number of ether oxygens (including phenoxy) is 1. The normalized spacial score (nSPS) is 10.2. The van der Waals surface area contributed by atoms with Crippen molar-refractivity contribution >= 4 is 11.8 Å². The molecule has 2 rings (SSSR count). The predicted molar refractivity (Wildman–Crippen MR) is 67.8 cm³/mol. The van der Waals surface area contributed by atoms with Crippen molar-refractivity contribution in [3.63, 3.8) is 0 Å². The Bertz CT molecular complexity index is 663. The van der Waals surface area contributed by atoms with Crippen molar-refractivity contribution in [2.75, 3.05) is 0 Å². The van der Waals surface area contributed by atoms with Crippen LogP contribution in [-0.4, -0.2) is 11.8 Å². The summed E-state index contributed by atoms with van der Waals surface area (Å²) in [6.45, 7) is 1.24. The van der Waals surface area contributed by atoms with Gasteiger partial charge >= 0.3 is 5.97 Å². The molecule has 2 aromatic rings. The lowest BCUT2D eigenvalue weighted by molar-refractivity contribution is 0.0732. The Balaban J connectivity index is 2.28. The number of Topliss-reactive ketones (excluding diaryl/α,β-unsaturated/α-hetero) is 1. The van der Waals surface area contributed by atoms with E-state index in [-0.39, 0.29) is 16.9 Å². The fourth-order valence-corrected chi connectivity index (χ4v) is 1.61. The van der Waals surface area contributed by atoms with Crippen molar-refractivity contribution in [3.05, 3.63) is 65.2 Å². The number of hydrogen-bond acceptors (Lipinski definition) is 3. The van der Waals surface area contributed by atoms with Gasteiger partial charge in [0.05, 0.1) is 11.1 Å². The van der Waals surface area contributed by atoms with Gasteiger partial charge in [-0.2, -0.15) is 0 Å². The number of rotatable bonds is 3. The molecule has 102 valence electrons. The summed E-state index contributed by atoms with van der Waals surface area (Å²) in [5.41, 5.74) is 0.102. The zero-order valence-corrected chi connectivity index (χ0v) is 10.5. The highest BCUT2D eigenvalue weighted by molar-refractivity contribution is 5.99. The van der Waals surface area contributed by atoms with E-state index in [9.17, 15) is 18.4 Å². The van der Waals surface area contributed by atoms with E-state index < -0.39 is 23.4 Å². The van der Waals surface area contributed by atoms with E-state index in [0.717, 1.165) is 24.3 Å². The smallest absolute Gasteiger partial charge is 0.343 e. The Morgan fingerprint density at radius 2 is 1.55 bits per heavy atom.